The molecular weight excluding hydrogens is 316 g/mol. The number of anilines is 1. The Morgan fingerprint density at radius 1 is 1.15 bits per heavy atom. The van der Waals surface area contributed by atoms with Crippen LogP contribution in [0, 0.1) is 0 Å². The van der Waals surface area contributed by atoms with E-state index in [0.29, 0.717) is 0 Å². The summed E-state index contributed by atoms with van der Waals surface area (Å²) in [5.41, 5.74) is 2.85. The number of carbonyl (C=O) groups is 1. The lowest BCUT2D eigenvalue weighted by Crippen LogP contribution is -2.36. The SMILES string of the molecule is CC(C(=O)Nc1ccc(Br)c2ccccc12)=C1CNC1. The summed E-state index contributed by atoms with van der Waals surface area (Å²) in [7, 11) is 0. The zero-order valence-electron chi connectivity index (χ0n) is 11.2. The van der Waals surface area contributed by atoms with Crippen molar-refractivity contribution >= 4 is 38.3 Å². The molecule has 0 radical (unpaired) electrons. The minimum atomic E-state index is -0.0195. The Bertz CT molecular complexity index is 715. The molecule has 4 heteroatoms. The summed E-state index contributed by atoms with van der Waals surface area (Å²) < 4.78 is 1.03. The summed E-state index contributed by atoms with van der Waals surface area (Å²) in [5.74, 6) is -0.0195. The van der Waals surface area contributed by atoms with Gasteiger partial charge in [-0.1, -0.05) is 40.2 Å². The van der Waals surface area contributed by atoms with Crippen LogP contribution in [0.5, 0.6) is 0 Å². The molecule has 1 saturated heterocycles. The fourth-order valence-electron chi connectivity index (χ4n) is 2.26. The first-order chi connectivity index (χ1) is 9.66. The number of amides is 1. The fraction of sp³-hybridized carbons (Fsp3) is 0.188. The summed E-state index contributed by atoms with van der Waals surface area (Å²) in [6, 6.07) is 11.9. The number of hydrogen-bond acceptors (Lipinski definition) is 2. The maximum absolute atomic E-state index is 12.3. The number of halogens is 1. The Morgan fingerprint density at radius 3 is 2.50 bits per heavy atom. The molecule has 20 heavy (non-hydrogen) atoms. The van der Waals surface area contributed by atoms with Crippen LogP contribution in [0.3, 0.4) is 0 Å². The average Bonchev–Trinajstić information content (AvgIpc) is 2.40. The van der Waals surface area contributed by atoms with Crippen molar-refractivity contribution < 1.29 is 4.79 Å². The van der Waals surface area contributed by atoms with Crippen molar-refractivity contribution in [1.29, 1.82) is 0 Å². The van der Waals surface area contributed by atoms with Gasteiger partial charge in [-0.15, -0.1) is 0 Å². The number of benzene rings is 2. The van der Waals surface area contributed by atoms with Crippen molar-refractivity contribution in [3.05, 3.63) is 52.0 Å². The van der Waals surface area contributed by atoms with E-state index < -0.39 is 0 Å². The monoisotopic (exact) mass is 330 g/mol. The van der Waals surface area contributed by atoms with E-state index in [1.807, 2.05) is 43.3 Å². The zero-order chi connectivity index (χ0) is 14.1. The largest absolute Gasteiger partial charge is 0.322 e. The first-order valence-corrected chi connectivity index (χ1v) is 7.34. The Morgan fingerprint density at radius 2 is 1.85 bits per heavy atom. The number of hydrogen-bond donors (Lipinski definition) is 2. The van der Waals surface area contributed by atoms with Gasteiger partial charge in [-0.05, 0) is 30.0 Å². The third kappa shape index (κ3) is 2.37. The molecule has 0 saturated carbocycles. The predicted octanol–water partition coefficient (Wildman–Crippen LogP) is 3.46. The Balaban J connectivity index is 1.95. The Labute approximate surface area is 126 Å². The minimum Gasteiger partial charge on any atom is -0.322 e. The topological polar surface area (TPSA) is 41.1 Å². The van der Waals surface area contributed by atoms with Crippen molar-refractivity contribution in [1.82, 2.24) is 5.32 Å². The number of rotatable bonds is 2. The third-order valence-corrected chi connectivity index (χ3v) is 4.36. The van der Waals surface area contributed by atoms with Crippen LogP contribution in [0.25, 0.3) is 10.8 Å². The highest BCUT2D eigenvalue weighted by Crippen LogP contribution is 2.30. The first-order valence-electron chi connectivity index (χ1n) is 6.55. The smallest absolute Gasteiger partial charge is 0.251 e. The minimum absolute atomic E-state index is 0.0195. The second kappa shape index (κ2) is 5.38. The van der Waals surface area contributed by atoms with E-state index in [-0.39, 0.29) is 5.91 Å². The molecule has 0 unspecified atom stereocenters. The normalized spacial score (nSPS) is 14.0. The van der Waals surface area contributed by atoms with E-state index in [1.165, 1.54) is 5.57 Å². The second-order valence-corrected chi connectivity index (χ2v) is 5.78. The van der Waals surface area contributed by atoms with Crippen molar-refractivity contribution in [2.45, 2.75) is 6.92 Å². The number of nitrogens with one attached hydrogen (secondary N) is 2. The van der Waals surface area contributed by atoms with Crippen LogP contribution in [0.1, 0.15) is 6.92 Å². The van der Waals surface area contributed by atoms with Crippen LogP contribution >= 0.6 is 15.9 Å². The van der Waals surface area contributed by atoms with Gasteiger partial charge in [0.1, 0.15) is 0 Å². The molecule has 1 aliphatic rings. The summed E-state index contributed by atoms with van der Waals surface area (Å²) in [5, 5.41) is 8.31. The molecule has 0 spiro atoms. The van der Waals surface area contributed by atoms with Gasteiger partial charge in [0, 0.05) is 34.2 Å². The lowest BCUT2D eigenvalue weighted by atomic mass is 10.0. The molecule has 0 atom stereocenters. The Hall–Kier alpha value is -1.65. The highest BCUT2D eigenvalue weighted by molar-refractivity contribution is 9.10. The molecule has 1 heterocycles. The highest BCUT2D eigenvalue weighted by atomic mass is 79.9. The molecule has 1 amide bonds. The van der Waals surface area contributed by atoms with Crippen LogP contribution in [0.4, 0.5) is 5.69 Å². The van der Waals surface area contributed by atoms with E-state index in [0.717, 1.165) is 39.6 Å². The number of carbonyl (C=O) groups excluding carboxylic acids is 1. The van der Waals surface area contributed by atoms with E-state index in [2.05, 4.69) is 26.6 Å². The van der Waals surface area contributed by atoms with Crippen molar-refractivity contribution in [2.75, 3.05) is 18.4 Å². The zero-order valence-corrected chi connectivity index (χ0v) is 12.8. The Kier molecular flexibility index (Phi) is 3.59. The maximum Gasteiger partial charge on any atom is 0.251 e. The van der Waals surface area contributed by atoms with E-state index >= 15 is 0 Å². The first kappa shape index (κ1) is 13.3. The fourth-order valence-corrected chi connectivity index (χ4v) is 2.74. The van der Waals surface area contributed by atoms with Crippen LogP contribution in [0.15, 0.2) is 52.0 Å². The molecule has 3 rings (SSSR count). The molecule has 2 N–H and O–H groups in total. The number of fused-ring (bicyclic) bond motifs is 1. The molecule has 0 aromatic heterocycles. The highest BCUT2D eigenvalue weighted by Gasteiger charge is 2.16. The van der Waals surface area contributed by atoms with Crippen molar-refractivity contribution in [3.8, 4) is 0 Å². The van der Waals surface area contributed by atoms with E-state index in [9.17, 15) is 4.79 Å². The summed E-state index contributed by atoms with van der Waals surface area (Å²) in [6.07, 6.45) is 0. The summed E-state index contributed by atoms with van der Waals surface area (Å²) >= 11 is 3.54. The predicted molar refractivity (Wildman–Crippen MR) is 85.8 cm³/mol. The van der Waals surface area contributed by atoms with E-state index in [4.69, 9.17) is 0 Å². The average molecular weight is 331 g/mol. The molecule has 2 aromatic rings. The van der Waals surface area contributed by atoms with E-state index in [1.54, 1.807) is 0 Å². The van der Waals surface area contributed by atoms with Gasteiger partial charge >= 0.3 is 0 Å². The van der Waals surface area contributed by atoms with Gasteiger partial charge < -0.3 is 10.6 Å². The van der Waals surface area contributed by atoms with Crippen LogP contribution in [-0.4, -0.2) is 19.0 Å². The lowest BCUT2D eigenvalue weighted by Gasteiger charge is -2.21. The van der Waals surface area contributed by atoms with Crippen molar-refractivity contribution in [2.24, 2.45) is 0 Å². The van der Waals surface area contributed by atoms with Gasteiger partial charge in [-0.2, -0.15) is 0 Å². The quantitative estimate of drug-likeness (QED) is 0.828. The third-order valence-electron chi connectivity index (χ3n) is 3.67. The maximum atomic E-state index is 12.3. The molecule has 1 aliphatic heterocycles. The van der Waals surface area contributed by atoms with Gasteiger partial charge in [0.05, 0.1) is 0 Å². The van der Waals surface area contributed by atoms with Crippen LogP contribution < -0.4 is 10.6 Å². The van der Waals surface area contributed by atoms with Gasteiger partial charge in [-0.3, -0.25) is 4.79 Å². The summed E-state index contributed by atoms with van der Waals surface area (Å²) in [4.78, 5) is 12.3. The molecule has 1 fully saturated rings. The second-order valence-electron chi connectivity index (χ2n) is 4.93. The molecule has 3 nitrogen and oxygen atoms in total. The molecule has 102 valence electrons. The molecule has 0 aliphatic carbocycles. The molecular formula is C16H15BrN2O. The summed E-state index contributed by atoms with van der Waals surface area (Å²) in [6.45, 7) is 3.52. The van der Waals surface area contributed by atoms with Crippen LogP contribution in [-0.2, 0) is 4.79 Å². The standard InChI is InChI=1S/C16H15BrN2O/c1-10(11-8-18-9-11)16(20)19-15-7-6-14(17)12-4-2-3-5-13(12)15/h2-7,18H,8-9H2,1H3,(H,19,20). The van der Waals surface area contributed by atoms with Gasteiger partial charge in [-0.25, -0.2) is 0 Å². The van der Waals surface area contributed by atoms with Crippen LogP contribution in [0.2, 0.25) is 0 Å². The molecule has 2 aromatic carbocycles. The van der Waals surface area contributed by atoms with Crippen molar-refractivity contribution in [3.63, 3.8) is 0 Å². The lowest BCUT2D eigenvalue weighted by molar-refractivity contribution is -0.112. The van der Waals surface area contributed by atoms with Gasteiger partial charge in [0.2, 0.25) is 0 Å². The van der Waals surface area contributed by atoms with Gasteiger partial charge in [0.15, 0.2) is 0 Å². The molecule has 0 bridgehead atoms. The van der Waals surface area contributed by atoms with Gasteiger partial charge in [0.25, 0.3) is 5.91 Å².